The Labute approximate surface area is 164 Å². The number of rotatable bonds is 5. The van der Waals surface area contributed by atoms with E-state index >= 15 is 0 Å². The van der Waals surface area contributed by atoms with Crippen LogP contribution in [0, 0.1) is 0 Å². The fourth-order valence-corrected chi connectivity index (χ4v) is 3.16. The van der Waals surface area contributed by atoms with Gasteiger partial charge in [-0.15, -0.1) is 0 Å². The normalized spacial score (nSPS) is 18.0. The van der Waals surface area contributed by atoms with Gasteiger partial charge in [-0.3, -0.25) is 14.7 Å². The summed E-state index contributed by atoms with van der Waals surface area (Å²) in [5, 5.41) is 0.772. The first-order valence-electron chi connectivity index (χ1n) is 10.9. The van der Waals surface area contributed by atoms with E-state index in [0.29, 0.717) is 23.4 Å². The highest BCUT2D eigenvalue weighted by atomic mass is 16.1. The second-order valence-electron chi connectivity index (χ2n) is 6.82. The standard InChI is InChI=1S/C21H23N5O/c1-25-7-9-26(10-8-25)15-19(27)12-21-23-14-18-5-4-16(11-20(18)24-21)17-3-2-6-22-13-17/h2-6,11,13-14H,7-10,12,15H2,1H3/i2D,3D,6D,13D. The molecular weight excluding hydrogens is 338 g/mol. The lowest BCUT2D eigenvalue weighted by Crippen LogP contribution is -2.46. The molecule has 0 unspecified atom stereocenters. The van der Waals surface area contributed by atoms with Crippen molar-refractivity contribution in [3.05, 3.63) is 54.7 Å². The molecule has 0 N–H and O–H groups in total. The molecule has 4 rings (SSSR count). The molecule has 0 bridgehead atoms. The number of ketones is 1. The summed E-state index contributed by atoms with van der Waals surface area (Å²) in [5.74, 6) is 0.498. The first-order valence-corrected chi connectivity index (χ1v) is 8.95. The predicted molar refractivity (Wildman–Crippen MR) is 105 cm³/mol. The van der Waals surface area contributed by atoms with Gasteiger partial charge in [-0.25, -0.2) is 9.97 Å². The maximum atomic E-state index is 12.5. The second-order valence-corrected chi connectivity index (χ2v) is 6.82. The second kappa shape index (κ2) is 7.90. The Balaban J connectivity index is 1.57. The minimum Gasteiger partial charge on any atom is -0.304 e. The molecule has 0 amide bonds. The maximum Gasteiger partial charge on any atom is 0.154 e. The van der Waals surface area contributed by atoms with Crippen LogP contribution >= 0.6 is 0 Å². The van der Waals surface area contributed by atoms with Crippen LogP contribution in [0.4, 0.5) is 0 Å². The molecule has 1 aliphatic rings. The smallest absolute Gasteiger partial charge is 0.154 e. The predicted octanol–water partition coefficient (Wildman–Crippen LogP) is 2.05. The van der Waals surface area contributed by atoms with Crippen LogP contribution in [-0.4, -0.2) is 70.3 Å². The van der Waals surface area contributed by atoms with E-state index in [4.69, 9.17) is 5.48 Å². The molecule has 1 saturated heterocycles. The van der Waals surface area contributed by atoms with Crippen LogP contribution in [0.5, 0.6) is 0 Å². The molecule has 0 spiro atoms. The van der Waals surface area contributed by atoms with Crippen molar-refractivity contribution in [1.82, 2.24) is 24.8 Å². The number of aromatic nitrogens is 3. The van der Waals surface area contributed by atoms with Gasteiger partial charge in [0.05, 0.1) is 24.0 Å². The number of carbonyl (C=O) groups is 1. The third-order valence-electron chi connectivity index (χ3n) is 4.74. The van der Waals surface area contributed by atoms with Crippen molar-refractivity contribution in [2.75, 3.05) is 39.8 Å². The van der Waals surface area contributed by atoms with Crippen LogP contribution in [0.2, 0.25) is 0 Å². The van der Waals surface area contributed by atoms with Crippen LogP contribution in [0.1, 0.15) is 11.3 Å². The first-order chi connectivity index (χ1) is 14.8. The molecule has 0 atom stereocenters. The van der Waals surface area contributed by atoms with E-state index in [1.807, 2.05) is 0 Å². The molecule has 1 fully saturated rings. The number of Topliss-reactive ketones (excluding diaryl/α,β-unsaturated/α-hetero) is 1. The molecule has 138 valence electrons. The van der Waals surface area contributed by atoms with Crippen LogP contribution in [0.15, 0.2) is 48.8 Å². The van der Waals surface area contributed by atoms with E-state index in [9.17, 15) is 4.79 Å². The highest BCUT2D eigenvalue weighted by Gasteiger charge is 2.17. The van der Waals surface area contributed by atoms with Crippen molar-refractivity contribution in [3.8, 4) is 11.1 Å². The van der Waals surface area contributed by atoms with Crippen LogP contribution < -0.4 is 0 Å². The SMILES string of the molecule is [2H]c1nc([2H])c(-c2ccc3cnc(CC(=O)CN4CCN(C)CC4)nc3c2)c([2H])c1[2H]. The quantitative estimate of drug-likeness (QED) is 0.690. The van der Waals surface area contributed by atoms with E-state index in [1.165, 1.54) is 0 Å². The molecule has 0 radical (unpaired) electrons. The Kier molecular flexibility index (Phi) is 3.94. The Hall–Kier alpha value is -2.70. The maximum absolute atomic E-state index is 12.5. The summed E-state index contributed by atoms with van der Waals surface area (Å²) in [6.45, 7) is 4.04. The highest BCUT2D eigenvalue weighted by molar-refractivity contribution is 5.85. The van der Waals surface area contributed by atoms with Crippen LogP contribution in [-0.2, 0) is 11.2 Å². The summed E-state index contributed by atoms with van der Waals surface area (Å²) in [4.78, 5) is 29.5. The third kappa shape index (κ3) is 4.35. The van der Waals surface area contributed by atoms with Crippen molar-refractivity contribution < 1.29 is 10.3 Å². The van der Waals surface area contributed by atoms with Gasteiger partial charge < -0.3 is 4.90 Å². The lowest BCUT2D eigenvalue weighted by atomic mass is 10.1. The van der Waals surface area contributed by atoms with Gasteiger partial charge in [-0.05, 0) is 24.7 Å². The minimum absolute atomic E-state index is 0.0658. The van der Waals surface area contributed by atoms with E-state index in [1.54, 1.807) is 24.4 Å². The highest BCUT2D eigenvalue weighted by Crippen LogP contribution is 2.22. The van der Waals surface area contributed by atoms with Gasteiger partial charge in [0.15, 0.2) is 5.78 Å². The summed E-state index contributed by atoms with van der Waals surface area (Å²) < 4.78 is 31.6. The zero-order valence-corrected chi connectivity index (χ0v) is 15.2. The average molecular weight is 365 g/mol. The summed E-state index contributed by atoms with van der Waals surface area (Å²) in [6.07, 6.45) is 1.20. The number of benzene rings is 1. The Bertz CT molecular complexity index is 1150. The zero-order valence-electron chi connectivity index (χ0n) is 19.2. The first kappa shape index (κ1) is 13.5. The number of nitrogens with zero attached hydrogens (tertiary/aromatic N) is 5. The molecule has 27 heavy (non-hydrogen) atoms. The van der Waals surface area contributed by atoms with E-state index in [2.05, 4.69) is 31.8 Å². The summed E-state index contributed by atoms with van der Waals surface area (Å²) in [6, 6.07) is 4.68. The molecule has 3 heterocycles. The largest absolute Gasteiger partial charge is 0.304 e. The monoisotopic (exact) mass is 365 g/mol. The lowest BCUT2D eigenvalue weighted by Gasteiger charge is -2.31. The average Bonchev–Trinajstić information content (AvgIpc) is 2.73. The lowest BCUT2D eigenvalue weighted by molar-refractivity contribution is -0.120. The molecule has 3 aromatic rings. The zero-order chi connectivity index (χ0) is 22.1. The summed E-state index contributed by atoms with van der Waals surface area (Å²) >= 11 is 0. The van der Waals surface area contributed by atoms with E-state index < -0.39 is 0 Å². The third-order valence-corrected chi connectivity index (χ3v) is 4.74. The molecule has 6 nitrogen and oxygen atoms in total. The number of hydrogen-bond acceptors (Lipinski definition) is 6. The van der Waals surface area contributed by atoms with Crippen LogP contribution in [0.3, 0.4) is 0 Å². The van der Waals surface area contributed by atoms with Gasteiger partial charge in [0.2, 0.25) is 0 Å². The molecule has 1 aliphatic heterocycles. The van der Waals surface area contributed by atoms with Crippen molar-refractivity contribution in [1.29, 1.82) is 0 Å². The fourth-order valence-electron chi connectivity index (χ4n) is 3.16. The van der Waals surface area contributed by atoms with Crippen molar-refractivity contribution >= 4 is 16.7 Å². The number of fused-ring (bicyclic) bond motifs is 1. The Morgan fingerprint density at radius 3 is 2.93 bits per heavy atom. The Morgan fingerprint density at radius 2 is 2.07 bits per heavy atom. The Morgan fingerprint density at radius 1 is 1.22 bits per heavy atom. The summed E-state index contributed by atoms with van der Waals surface area (Å²) in [5.41, 5.74) is 1.31. The van der Waals surface area contributed by atoms with Gasteiger partial charge in [-0.2, -0.15) is 0 Å². The number of piperazine rings is 1. The topological polar surface area (TPSA) is 62.2 Å². The van der Waals surface area contributed by atoms with E-state index in [-0.39, 0.29) is 42.2 Å². The molecule has 1 aromatic carbocycles. The number of pyridine rings is 1. The number of hydrogen-bond donors (Lipinski definition) is 0. The van der Waals surface area contributed by atoms with Crippen LogP contribution in [0.25, 0.3) is 22.0 Å². The van der Waals surface area contributed by atoms with Gasteiger partial charge in [0, 0.05) is 55.7 Å². The minimum atomic E-state index is -0.386. The molecule has 0 aliphatic carbocycles. The molecular formula is C21H23N5O. The van der Waals surface area contributed by atoms with Gasteiger partial charge >= 0.3 is 0 Å². The van der Waals surface area contributed by atoms with E-state index in [0.717, 1.165) is 31.6 Å². The van der Waals surface area contributed by atoms with Gasteiger partial charge in [0.25, 0.3) is 0 Å². The molecule has 6 heteroatoms. The molecule has 0 saturated carbocycles. The fraction of sp³-hybridized carbons (Fsp3) is 0.333. The van der Waals surface area contributed by atoms with Crippen molar-refractivity contribution in [2.45, 2.75) is 6.42 Å². The van der Waals surface area contributed by atoms with Gasteiger partial charge in [0.1, 0.15) is 5.82 Å². The van der Waals surface area contributed by atoms with Crippen molar-refractivity contribution in [3.63, 3.8) is 0 Å². The van der Waals surface area contributed by atoms with Gasteiger partial charge in [-0.1, -0.05) is 18.2 Å². The number of likely N-dealkylation sites (N-methyl/N-ethyl adjacent to an activating group) is 1. The van der Waals surface area contributed by atoms with Crippen molar-refractivity contribution in [2.24, 2.45) is 0 Å². The molecule has 2 aromatic heterocycles. The number of carbonyl (C=O) groups excluding carboxylic acids is 1. The summed E-state index contributed by atoms with van der Waals surface area (Å²) in [7, 11) is 2.08.